The molecule has 0 aliphatic carbocycles. The van der Waals surface area contributed by atoms with E-state index in [1.54, 1.807) is 11.3 Å². The monoisotopic (exact) mass is 452 g/mol. The van der Waals surface area contributed by atoms with Crippen LogP contribution in [0.1, 0.15) is 22.7 Å². The van der Waals surface area contributed by atoms with Crippen LogP contribution in [0.5, 0.6) is 0 Å². The van der Waals surface area contributed by atoms with Gasteiger partial charge in [-0.15, -0.1) is 11.3 Å². The van der Waals surface area contributed by atoms with Crippen LogP contribution in [0.2, 0.25) is 0 Å². The van der Waals surface area contributed by atoms with Gasteiger partial charge in [0.25, 0.3) is 0 Å². The summed E-state index contributed by atoms with van der Waals surface area (Å²) in [6.07, 6.45) is 1.85. The zero-order chi connectivity index (χ0) is 17.9. The highest BCUT2D eigenvalue weighted by Crippen LogP contribution is 2.42. The Kier molecular flexibility index (Phi) is 5.85. The van der Waals surface area contributed by atoms with Crippen LogP contribution < -0.4 is 5.32 Å². The molecule has 0 spiro atoms. The third-order valence-electron chi connectivity index (χ3n) is 4.84. The summed E-state index contributed by atoms with van der Waals surface area (Å²) in [5.74, 6) is 0. The normalized spacial score (nSPS) is 24.0. The Morgan fingerprint density at radius 2 is 2.08 bits per heavy atom. The van der Waals surface area contributed by atoms with Crippen molar-refractivity contribution in [3.8, 4) is 0 Å². The minimum Gasteiger partial charge on any atom is -0.379 e. The number of hydrogen-bond donors (Lipinski definition) is 1. The number of thiophene rings is 1. The Labute approximate surface area is 171 Å². The molecule has 2 atom stereocenters. The summed E-state index contributed by atoms with van der Waals surface area (Å²) in [6.45, 7) is 5.51. The number of morpholine rings is 1. The third kappa shape index (κ3) is 3.94. The van der Waals surface area contributed by atoms with Crippen molar-refractivity contribution in [3.05, 3.63) is 50.9 Å². The van der Waals surface area contributed by atoms with Gasteiger partial charge in [-0.1, -0.05) is 6.07 Å². The first-order valence-electron chi connectivity index (χ1n) is 8.76. The lowest BCUT2D eigenvalue weighted by molar-refractivity contribution is 0.0351. The van der Waals surface area contributed by atoms with E-state index >= 15 is 0 Å². The van der Waals surface area contributed by atoms with Gasteiger partial charge in [0.05, 0.1) is 34.8 Å². The van der Waals surface area contributed by atoms with Crippen LogP contribution in [-0.4, -0.2) is 59.3 Å². The second-order valence-electron chi connectivity index (χ2n) is 6.42. The van der Waals surface area contributed by atoms with Crippen molar-refractivity contribution in [1.82, 2.24) is 20.1 Å². The van der Waals surface area contributed by atoms with Crippen molar-refractivity contribution in [3.63, 3.8) is 0 Å². The van der Waals surface area contributed by atoms with Gasteiger partial charge >= 0.3 is 0 Å². The SMILES string of the molecule is S=C1N[C@H](c2ccccn2)[C@H](c2ccc(Br)s2)N1CCN1CCOCC1. The van der Waals surface area contributed by atoms with Crippen molar-refractivity contribution in [2.24, 2.45) is 0 Å². The van der Waals surface area contributed by atoms with E-state index in [1.807, 2.05) is 18.3 Å². The summed E-state index contributed by atoms with van der Waals surface area (Å²) in [5, 5.41) is 4.32. The van der Waals surface area contributed by atoms with Gasteiger partial charge in [0.1, 0.15) is 0 Å². The maximum Gasteiger partial charge on any atom is 0.170 e. The number of nitrogens with one attached hydrogen (secondary N) is 1. The molecular formula is C18H21BrN4OS2. The highest BCUT2D eigenvalue weighted by atomic mass is 79.9. The number of pyridine rings is 1. The first-order valence-corrected chi connectivity index (χ1v) is 10.8. The minimum atomic E-state index is 0.0685. The van der Waals surface area contributed by atoms with Crippen LogP contribution in [0.15, 0.2) is 40.3 Å². The van der Waals surface area contributed by atoms with E-state index in [9.17, 15) is 0 Å². The van der Waals surface area contributed by atoms with Gasteiger partial charge in [0.15, 0.2) is 5.11 Å². The molecule has 0 unspecified atom stereocenters. The van der Waals surface area contributed by atoms with Crippen molar-refractivity contribution in [2.75, 3.05) is 39.4 Å². The topological polar surface area (TPSA) is 40.6 Å². The van der Waals surface area contributed by atoms with Gasteiger partial charge < -0.3 is 15.0 Å². The first kappa shape index (κ1) is 18.3. The quantitative estimate of drug-likeness (QED) is 0.702. The van der Waals surface area contributed by atoms with E-state index in [-0.39, 0.29) is 12.1 Å². The number of rotatable bonds is 5. The van der Waals surface area contributed by atoms with Crippen LogP contribution in [0.4, 0.5) is 0 Å². The zero-order valence-corrected chi connectivity index (χ0v) is 17.5. The van der Waals surface area contributed by atoms with Crippen molar-refractivity contribution >= 4 is 44.6 Å². The van der Waals surface area contributed by atoms with Crippen molar-refractivity contribution < 1.29 is 4.74 Å². The molecule has 2 aromatic rings. The second-order valence-corrected chi connectivity index (χ2v) is 9.30. The maximum absolute atomic E-state index is 5.70. The van der Waals surface area contributed by atoms with Gasteiger partial charge in [0, 0.05) is 37.3 Å². The lowest BCUT2D eigenvalue weighted by atomic mass is 10.0. The fourth-order valence-electron chi connectivity index (χ4n) is 3.52. The molecule has 2 aliphatic rings. The highest BCUT2D eigenvalue weighted by Gasteiger charge is 2.40. The Morgan fingerprint density at radius 3 is 2.77 bits per heavy atom. The summed E-state index contributed by atoms with van der Waals surface area (Å²) in [4.78, 5) is 10.6. The molecule has 4 heterocycles. The molecule has 1 N–H and O–H groups in total. The molecule has 0 amide bonds. The fraction of sp³-hybridized carbons (Fsp3) is 0.444. The molecule has 2 aliphatic heterocycles. The van der Waals surface area contributed by atoms with Crippen molar-refractivity contribution in [1.29, 1.82) is 0 Å². The van der Waals surface area contributed by atoms with Crippen LogP contribution in [0.25, 0.3) is 0 Å². The average Bonchev–Trinajstić information content (AvgIpc) is 3.24. The average molecular weight is 453 g/mol. The van der Waals surface area contributed by atoms with E-state index < -0.39 is 0 Å². The van der Waals surface area contributed by atoms with E-state index in [0.717, 1.165) is 54.0 Å². The van der Waals surface area contributed by atoms with E-state index in [2.05, 4.69) is 54.2 Å². The predicted octanol–water partition coefficient (Wildman–Crippen LogP) is 3.21. The predicted molar refractivity (Wildman–Crippen MR) is 111 cm³/mol. The minimum absolute atomic E-state index is 0.0685. The molecule has 0 aromatic carbocycles. The third-order valence-corrected chi connectivity index (χ3v) is 6.89. The van der Waals surface area contributed by atoms with Gasteiger partial charge in [-0.05, 0) is 52.4 Å². The number of aromatic nitrogens is 1. The second kappa shape index (κ2) is 8.31. The van der Waals surface area contributed by atoms with Gasteiger partial charge in [0.2, 0.25) is 0 Å². The van der Waals surface area contributed by atoms with E-state index in [0.29, 0.717) is 0 Å². The number of thiocarbonyl (C=S) groups is 1. The van der Waals surface area contributed by atoms with Gasteiger partial charge in [-0.3, -0.25) is 9.88 Å². The number of hydrogen-bond acceptors (Lipinski definition) is 5. The van der Waals surface area contributed by atoms with Crippen LogP contribution in [0.3, 0.4) is 0 Å². The van der Waals surface area contributed by atoms with Gasteiger partial charge in [-0.2, -0.15) is 0 Å². The largest absolute Gasteiger partial charge is 0.379 e. The van der Waals surface area contributed by atoms with Crippen molar-refractivity contribution in [2.45, 2.75) is 12.1 Å². The molecule has 0 radical (unpaired) electrons. The molecule has 0 saturated carbocycles. The summed E-state index contributed by atoms with van der Waals surface area (Å²) in [6, 6.07) is 10.6. The van der Waals surface area contributed by atoms with E-state index in [1.165, 1.54) is 4.88 Å². The lowest BCUT2D eigenvalue weighted by Crippen LogP contribution is -2.42. The number of nitrogens with zero attached hydrogens (tertiary/aromatic N) is 3. The summed E-state index contributed by atoms with van der Waals surface area (Å²) in [7, 11) is 0. The fourth-order valence-corrected chi connectivity index (χ4v) is 5.42. The summed E-state index contributed by atoms with van der Waals surface area (Å²) in [5.41, 5.74) is 1.03. The lowest BCUT2D eigenvalue weighted by Gasteiger charge is -2.31. The summed E-state index contributed by atoms with van der Waals surface area (Å²) < 4.78 is 6.59. The Balaban J connectivity index is 1.57. The molecule has 5 nitrogen and oxygen atoms in total. The molecule has 138 valence electrons. The Hall–Kier alpha value is -1.06. The Bertz CT molecular complexity index is 751. The molecule has 4 rings (SSSR count). The zero-order valence-electron chi connectivity index (χ0n) is 14.3. The molecule has 2 fully saturated rings. The molecule has 2 saturated heterocycles. The Morgan fingerprint density at radius 1 is 1.23 bits per heavy atom. The molecule has 26 heavy (non-hydrogen) atoms. The summed E-state index contributed by atoms with van der Waals surface area (Å²) >= 11 is 11.1. The number of halogens is 1. The van der Waals surface area contributed by atoms with Crippen LogP contribution >= 0.6 is 39.5 Å². The smallest absolute Gasteiger partial charge is 0.170 e. The number of ether oxygens (including phenoxy) is 1. The van der Waals surface area contributed by atoms with Crippen LogP contribution in [0, 0.1) is 0 Å². The van der Waals surface area contributed by atoms with Crippen LogP contribution in [-0.2, 0) is 4.74 Å². The van der Waals surface area contributed by atoms with E-state index in [4.69, 9.17) is 17.0 Å². The highest BCUT2D eigenvalue weighted by molar-refractivity contribution is 9.11. The molecule has 2 aromatic heterocycles. The molecular weight excluding hydrogens is 432 g/mol. The maximum atomic E-state index is 5.70. The first-order chi connectivity index (χ1) is 12.7. The standard InChI is InChI=1S/C18H21BrN4OS2/c19-15-5-4-14(26-15)17-16(13-3-1-2-6-20-13)21-18(25)23(17)8-7-22-9-11-24-12-10-22/h1-6,16-17H,7-12H2,(H,21,25)/t16-,17+/m1/s1. The molecule has 0 bridgehead atoms. The van der Waals surface area contributed by atoms with Gasteiger partial charge in [-0.25, -0.2) is 0 Å². The molecule has 8 heteroatoms.